The van der Waals surface area contributed by atoms with Crippen molar-refractivity contribution in [1.29, 1.82) is 0 Å². The van der Waals surface area contributed by atoms with Crippen LogP contribution < -0.4 is 10.1 Å². The second kappa shape index (κ2) is 9.04. The van der Waals surface area contributed by atoms with Crippen molar-refractivity contribution in [3.8, 4) is 17.0 Å². The van der Waals surface area contributed by atoms with Crippen LogP contribution in [0.15, 0.2) is 17.5 Å². The van der Waals surface area contributed by atoms with E-state index in [0.717, 1.165) is 12.0 Å². The van der Waals surface area contributed by atoms with Gasteiger partial charge in [-0.25, -0.2) is 4.98 Å². The molecule has 0 bridgehead atoms. The molecule has 130 valence electrons. The van der Waals surface area contributed by atoms with Gasteiger partial charge in [-0.2, -0.15) is 0 Å². The zero-order valence-electron chi connectivity index (χ0n) is 13.2. The molecule has 8 heteroatoms. The Kier molecular flexibility index (Phi) is 7.34. The van der Waals surface area contributed by atoms with Gasteiger partial charge in [0, 0.05) is 10.9 Å². The van der Waals surface area contributed by atoms with Gasteiger partial charge < -0.3 is 10.1 Å². The molecule has 1 aromatic carbocycles. The Balaban J connectivity index is 2.16. The highest BCUT2D eigenvalue weighted by atomic mass is 79.9. The largest absolute Gasteiger partial charge is 0.490 e. The minimum atomic E-state index is -0.152. The van der Waals surface area contributed by atoms with Crippen LogP contribution in [0.1, 0.15) is 20.3 Å². The van der Waals surface area contributed by atoms with Gasteiger partial charge in [0.05, 0.1) is 27.7 Å². The second-order valence-electron chi connectivity index (χ2n) is 5.52. The number of aromatic nitrogens is 1. The number of anilines is 1. The third kappa shape index (κ3) is 5.34. The van der Waals surface area contributed by atoms with Gasteiger partial charge in [-0.1, -0.05) is 53.0 Å². The van der Waals surface area contributed by atoms with Crippen molar-refractivity contribution in [1.82, 2.24) is 4.98 Å². The number of hydrogen-bond donors (Lipinski definition) is 1. The quantitative estimate of drug-likeness (QED) is 0.535. The molecule has 2 rings (SSSR count). The maximum atomic E-state index is 11.4. The molecule has 0 atom stereocenters. The topological polar surface area (TPSA) is 51.2 Å². The molecule has 0 aliphatic carbocycles. The Morgan fingerprint density at radius 1 is 1.38 bits per heavy atom. The average Bonchev–Trinajstić information content (AvgIpc) is 2.97. The zero-order valence-corrected chi connectivity index (χ0v) is 17.2. The molecule has 1 heterocycles. The lowest BCUT2D eigenvalue weighted by molar-refractivity contribution is -0.113. The molecule has 4 nitrogen and oxygen atoms in total. The smallest absolute Gasteiger partial charge is 0.236 e. The van der Waals surface area contributed by atoms with Crippen LogP contribution in [0.4, 0.5) is 5.13 Å². The van der Waals surface area contributed by atoms with Gasteiger partial charge >= 0.3 is 0 Å². The molecule has 1 N–H and O–H groups in total. The predicted molar refractivity (Wildman–Crippen MR) is 105 cm³/mol. The van der Waals surface area contributed by atoms with Gasteiger partial charge in [-0.15, -0.1) is 11.3 Å². The zero-order chi connectivity index (χ0) is 17.7. The molecule has 2 aromatic rings. The minimum absolute atomic E-state index is 0.152. The molecule has 0 unspecified atom stereocenters. The fourth-order valence-electron chi connectivity index (χ4n) is 1.86. The van der Waals surface area contributed by atoms with E-state index in [9.17, 15) is 4.79 Å². The second-order valence-corrected chi connectivity index (χ2v) is 7.75. The Labute approximate surface area is 163 Å². The molecular formula is C16H17BrCl2N2O2S. The molecule has 1 aromatic heterocycles. The minimum Gasteiger partial charge on any atom is -0.490 e. The van der Waals surface area contributed by atoms with E-state index in [1.165, 1.54) is 11.3 Å². The number of hydrogen-bond acceptors (Lipinski definition) is 4. The van der Waals surface area contributed by atoms with Crippen LogP contribution >= 0.6 is 50.5 Å². The fraction of sp³-hybridized carbons (Fsp3) is 0.375. The maximum absolute atomic E-state index is 11.4. The molecule has 0 spiro atoms. The lowest BCUT2D eigenvalue weighted by Crippen LogP contribution is -2.11. The van der Waals surface area contributed by atoms with Crippen LogP contribution in [0.25, 0.3) is 11.3 Å². The molecule has 0 aliphatic heterocycles. The summed E-state index contributed by atoms with van der Waals surface area (Å²) in [5.74, 6) is 0.886. The van der Waals surface area contributed by atoms with E-state index in [0.29, 0.717) is 39.1 Å². The van der Waals surface area contributed by atoms with Crippen molar-refractivity contribution in [3.63, 3.8) is 0 Å². The summed E-state index contributed by atoms with van der Waals surface area (Å²) in [6, 6.07) is 3.53. The number of ether oxygens (including phenoxy) is 1. The first-order valence-electron chi connectivity index (χ1n) is 7.34. The number of benzene rings is 1. The summed E-state index contributed by atoms with van der Waals surface area (Å²) in [5, 5.41) is 6.17. The lowest BCUT2D eigenvalue weighted by Gasteiger charge is -2.12. The van der Waals surface area contributed by atoms with Crippen LogP contribution in [0.2, 0.25) is 10.0 Å². The van der Waals surface area contributed by atoms with Gasteiger partial charge in [-0.05, 0) is 24.5 Å². The summed E-state index contributed by atoms with van der Waals surface area (Å²) in [5.41, 5.74) is 1.47. The van der Waals surface area contributed by atoms with E-state index in [4.69, 9.17) is 27.9 Å². The predicted octanol–water partition coefficient (Wildman–Crippen LogP) is 5.88. The van der Waals surface area contributed by atoms with E-state index in [2.05, 4.69) is 40.1 Å². The summed E-state index contributed by atoms with van der Waals surface area (Å²) in [4.78, 5) is 15.8. The number of amides is 1. The summed E-state index contributed by atoms with van der Waals surface area (Å²) >= 11 is 17.0. The molecule has 24 heavy (non-hydrogen) atoms. The first-order chi connectivity index (χ1) is 11.4. The molecule has 0 radical (unpaired) electrons. The monoisotopic (exact) mass is 450 g/mol. The number of halogens is 3. The van der Waals surface area contributed by atoms with E-state index in [-0.39, 0.29) is 11.2 Å². The number of carbonyl (C=O) groups excluding carboxylic acids is 1. The van der Waals surface area contributed by atoms with Gasteiger partial charge in [0.2, 0.25) is 5.91 Å². The first kappa shape index (κ1) is 19.5. The van der Waals surface area contributed by atoms with Crippen LogP contribution in [0.3, 0.4) is 0 Å². The molecule has 1 amide bonds. The first-order valence-corrected chi connectivity index (χ1v) is 10.1. The average molecular weight is 452 g/mol. The highest BCUT2D eigenvalue weighted by Gasteiger charge is 2.14. The lowest BCUT2D eigenvalue weighted by atomic mass is 10.1. The molecular weight excluding hydrogens is 435 g/mol. The maximum Gasteiger partial charge on any atom is 0.236 e. The summed E-state index contributed by atoms with van der Waals surface area (Å²) in [7, 11) is 0. The van der Waals surface area contributed by atoms with Crippen molar-refractivity contribution < 1.29 is 9.53 Å². The van der Waals surface area contributed by atoms with Crippen molar-refractivity contribution in [2.24, 2.45) is 5.92 Å². The summed E-state index contributed by atoms with van der Waals surface area (Å²) in [6.07, 6.45) is 0.928. The number of rotatable bonds is 7. The highest BCUT2D eigenvalue weighted by molar-refractivity contribution is 9.09. The number of nitrogens with zero attached hydrogens (tertiary/aromatic N) is 1. The van der Waals surface area contributed by atoms with Gasteiger partial charge in [0.1, 0.15) is 0 Å². The van der Waals surface area contributed by atoms with Crippen molar-refractivity contribution in [2.75, 3.05) is 17.3 Å². The third-order valence-corrected chi connectivity index (χ3v) is 4.94. The Morgan fingerprint density at radius 2 is 2.04 bits per heavy atom. The normalized spacial score (nSPS) is 10.9. The van der Waals surface area contributed by atoms with Crippen LogP contribution in [-0.2, 0) is 4.79 Å². The number of carbonyl (C=O) groups is 1. The van der Waals surface area contributed by atoms with E-state index in [1.807, 2.05) is 5.38 Å². The number of alkyl halides is 1. The Morgan fingerprint density at radius 3 is 2.62 bits per heavy atom. The summed E-state index contributed by atoms with van der Waals surface area (Å²) in [6.45, 7) is 4.82. The van der Waals surface area contributed by atoms with Gasteiger partial charge in [0.15, 0.2) is 10.9 Å². The van der Waals surface area contributed by atoms with Crippen LogP contribution in [0.5, 0.6) is 5.75 Å². The molecule has 0 fully saturated rings. The van der Waals surface area contributed by atoms with Crippen molar-refractivity contribution >= 4 is 61.5 Å². The highest BCUT2D eigenvalue weighted by Crippen LogP contribution is 2.38. The fourth-order valence-corrected chi connectivity index (χ4v) is 3.33. The molecule has 0 aliphatic rings. The summed E-state index contributed by atoms with van der Waals surface area (Å²) < 4.78 is 5.70. The van der Waals surface area contributed by atoms with Gasteiger partial charge in [-0.3, -0.25) is 4.79 Å². The number of nitrogens with one attached hydrogen (secondary N) is 1. The van der Waals surface area contributed by atoms with Crippen molar-refractivity contribution in [3.05, 3.63) is 27.6 Å². The SMILES string of the molecule is CC(C)CCOc1c(Cl)cc(-c2csc(NC(=O)CBr)n2)cc1Cl. The molecule has 0 saturated carbocycles. The number of thiazole rings is 1. The third-order valence-electron chi connectivity index (χ3n) is 3.11. The van der Waals surface area contributed by atoms with Crippen molar-refractivity contribution in [2.45, 2.75) is 20.3 Å². The Bertz CT molecular complexity index is 699. The van der Waals surface area contributed by atoms with E-state index < -0.39 is 0 Å². The molecule has 0 saturated heterocycles. The van der Waals surface area contributed by atoms with Crippen LogP contribution in [0, 0.1) is 5.92 Å². The van der Waals surface area contributed by atoms with E-state index >= 15 is 0 Å². The van der Waals surface area contributed by atoms with Gasteiger partial charge in [0.25, 0.3) is 0 Å². The van der Waals surface area contributed by atoms with Crippen LogP contribution in [-0.4, -0.2) is 22.8 Å². The Hall–Kier alpha value is -0.820. The van der Waals surface area contributed by atoms with E-state index in [1.54, 1.807) is 12.1 Å². The standard InChI is InChI=1S/C16H17BrCl2N2O2S/c1-9(2)3-4-23-15-11(18)5-10(6-12(15)19)13-8-24-16(20-13)21-14(22)7-17/h5-6,8-9H,3-4,7H2,1-2H3,(H,20,21,22).